The average molecular weight is 942 g/mol. The molecule has 5 aliphatic rings. The maximum Gasteiger partial charge on any atom is 0.309 e. The summed E-state index contributed by atoms with van der Waals surface area (Å²) in [5, 5.41) is 34.3. The van der Waals surface area contributed by atoms with Gasteiger partial charge in [-0.05, 0) is 161 Å². The Balaban J connectivity index is 0.000000482. The molecule has 0 saturated heterocycles. The Morgan fingerprint density at radius 2 is 1.55 bits per heavy atom. The van der Waals surface area contributed by atoms with Crippen LogP contribution in [0.3, 0.4) is 0 Å². The van der Waals surface area contributed by atoms with Crippen LogP contribution in [0.5, 0.6) is 0 Å². The van der Waals surface area contributed by atoms with E-state index in [1.54, 1.807) is 32.1 Å². The van der Waals surface area contributed by atoms with E-state index in [1.807, 2.05) is 19.9 Å². The number of fused-ring (bicyclic) bond motifs is 7. The number of aromatic nitrogens is 2. The summed E-state index contributed by atoms with van der Waals surface area (Å²) in [6, 6.07) is 5.39. The summed E-state index contributed by atoms with van der Waals surface area (Å²) in [4.78, 5) is 34.2. The number of hydrogen-bond acceptors (Lipinski definition) is 7. The van der Waals surface area contributed by atoms with Gasteiger partial charge < -0.3 is 19.7 Å². The molecule has 4 fully saturated rings. The molecule has 0 aliphatic heterocycles. The van der Waals surface area contributed by atoms with E-state index in [4.69, 9.17) is 42.9 Å². The molecule has 9 nitrogen and oxygen atoms in total. The number of aliphatic hydroxyl groups is 1. The molecule has 0 bridgehead atoms. The number of allylic oxidation sites excluding steroid dienone is 7. The quantitative estimate of drug-likeness (QED) is 0.174. The second-order valence-electron chi connectivity index (χ2n) is 19.1. The molecule has 0 spiro atoms. The third-order valence-corrected chi connectivity index (χ3v) is 15.2. The molecule has 4 saturated carbocycles. The second-order valence-corrected chi connectivity index (χ2v) is 19.9. The van der Waals surface area contributed by atoms with Gasteiger partial charge in [0.25, 0.3) is 5.89 Å². The molecule has 5 aliphatic carbocycles. The van der Waals surface area contributed by atoms with E-state index in [9.17, 15) is 18.8 Å². The minimum atomic E-state index is -1.16. The van der Waals surface area contributed by atoms with Crippen LogP contribution >= 0.6 is 23.2 Å². The number of terminal acetylenes is 1. The first-order valence-corrected chi connectivity index (χ1v) is 23.9. The highest BCUT2D eigenvalue weighted by Gasteiger charge is 2.66. The summed E-state index contributed by atoms with van der Waals surface area (Å²) in [7, 11) is 0. The molecule has 8 atom stereocenters. The van der Waals surface area contributed by atoms with E-state index in [1.165, 1.54) is 76.2 Å². The number of carbonyl (C=O) groups is 3. The first kappa shape index (κ1) is 57.1. The fraction of sp³-hybridized carbons (Fsp3) is 0.604. The topological polar surface area (TPSA) is 151 Å². The van der Waals surface area contributed by atoms with Crippen LogP contribution in [0.15, 0.2) is 70.5 Å². The Hall–Kier alpha value is -4.04. The molecule has 1 heterocycles. The fourth-order valence-corrected chi connectivity index (χ4v) is 12.5. The molecular formula is C53H75Cl2FN2O7. The van der Waals surface area contributed by atoms with Crippen LogP contribution in [-0.4, -0.2) is 49.8 Å². The Labute approximate surface area is 398 Å². The minimum Gasteiger partial charge on any atom is -0.481 e. The lowest BCUT2D eigenvalue weighted by Crippen LogP contribution is -2.57. The van der Waals surface area contributed by atoms with Gasteiger partial charge >= 0.3 is 11.9 Å². The van der Waals surface area contributed by atoms with E-state index >= 15 is 0 Å². The van der Waals surface area contributed by atoms with E-state index in [2.05, 4.69) is 64.2 Å². The Morgan fingerprint density at radius 3 is 2.06 bits per heavy atom. The molecule has 1 aromatic heterocycles. The van der Waals surface area contributed by atoms with Gasteiger partial charge in [-0.1, -0.05) is 96.5 Å². The zero-order valence-electron chi connectivity index (χ0n) is 40.6. The van der Waals surface area contributed by atoms with Gasteiger partial charge in [0.05, 0.1) is 32.9 Å². The third-order valence-electron chi connectivity index (χ3n) is 14.5. The van der Waals surface area contributed by atoms with Crippen LogP contribution in [0.2, 0.25) is 10.0 Å². The van der Waals surface area contributed by atoms with Gasteiger partial charge in [0.2, 0.25) is 5.89 Å². The number of hydrogen-bond donors (Lipinski definition) is 3. The molecule has 360 valence electrons. The predicted octanol–water partition coefficient (Wildman–Crippen LogP) is 13.9. The van der Waals surface area contributed by atoms with E-state index in [-0.39, 0.29) is 30.6 Å². The largest absolute Gasteiger partial charge is 0.481 e. The van der Waals surface area contributed by atoms with Gasteiger partial charge in [-0.2, -0.15) is 0 Å². The zero-order valence-corrected chi connectivity index (χ0v) is 42.2. The molecule has 1 aromatic carbocycles. The van der Waals surface area contributed by atoms with Gasteiger partial charge in [0.15, 0.2) is 5.78 Å². The SMILES string of the molecule is C#C.C=C/C=C(F)\C=C/C.CC.CC(C)(CC(=O)O)C(=O)O.CC(C)C1=C2C3CCC4C5(C)CCC(C)C5CCC4(C)C3CCC2(c2nnc(-c3c(Cl)cccc3Cl)o2)CC1=O.CCO. The molecule has 3 N–H and O–H groups in total. The first-order valence-electron chi connectivity index (χ1n) is 23.2. The standard InChI is InChI=1S/C34H42Cl2N2O2.C7H9F.C6H10O4.C2H6O.C2H6.C2H2/c1-18(2)27-25(39)17-34(31-38-37-30(40-31)28-23(35)7-6-8-24(28)36)16-13-22-20(29(27)34)9-10-26-32(4)14-11-19(3)21(32)12-15-33(22,26)5;1-3-5-7(8)6-4-2;1-6(2,5(9)10)3-4(7)8;1-2-3;2*1-2/h6-8,18-22,26H,9-17H2,1-5H3;3-6H,1H2,2H3;3H2,1-2H3,(H,7,8)(H,9,10);3H,2H2,1H3;1-2H3;1-2H/b;6-4-,7-5+;;;;. The Bertz CT molecular complexity index is 2050. The first-order chi connectivity index (χ1) is 30.6. The Kier molecular flexibility index (Phi) is 21.6. The lowest BCUT2D eigenvalue weighted by Gasteiger charge is -2.64. The number of carbonyl (C=O) groups excluding carboxylic acids is 1. The highest BCUT2D eigenvalue weighted by molar-refractivity contribution is 6.38. The number of nitrogens with zero attached hydrogens (tertiary/aromatic N) is 2. The fourth-order valence-electron chi connectivity index (χ4n) is 12.0. The number of halogens is 3. The van der Waals surface area contributed by atoms with Crippen LogP contribution in [0.4, 0.5) is 4.39 Å². The smallest absolute Gasteiger partial charge is 0.309 e. The molecule has 2 aromatic rings. The summed E-state index contributed by atoms with van der Waals surface area (Å²) >= 11 is 13.0. The van der Waals surface area contributed by atoms with Crippen molar-refractivity contribution in [3.63, 3.8) is 0 Å². The van der Waals surface area contributed by atoms with Gasteiger partial charge in [0.1, 0.15) is 5.83 Å². The molecule has 65 heavy (non-hydrogen) atoms. The maximum atomic E-state index is 13.8. The molecule has 7 rings (SSSR count). The minimum absolute atomic E-state index is 0.179. The Morgan fingerprint density at radius 1 is 1.00 bits per heavy atom. The number of ketones is 1. The van der Waals surface area contributed by atoms with Crippen molar-refractivity contribution in [2.75, 3.05) is 6.61 Å². The van der Waals surface area contributed by atoms with Crippen molar-refractivity contribution in [1.82, 2.24) is 10.2 Å². The number of rotatable bonds is 8. The monoisotopic (exact) mass is 940 g/mol. The van der Waals surface area contributed by atoms with Crippen molar-refractivity contribution < 1.29 is 38.5 Å². The molecule has 0 radical (unpaired) electrons. The number of Topliss-reactive ketones (excluding diaryl/α,β-unsaturated/α-hetero) is 1. The molecule has 8 unspecified atom stereocenters. The van der Waals surface area contributed by atoms with Crippen LogP contribution < -0.4 is 0 Å². The summed E-state index contributed by atoms with van der Waals surface area (Å²) in [6.07, 6.45) is 23.7. The van der Waals surface area contributed by atoms with Crippen LogP contribution in [0, 0.1) is 64.6 Å². The number of carboxylic acid groups (broad SMARTS) is 2. The molecule has 12 heteroatoms. The normalized spacial score (nSPS) is 28.7. The van der Waals surface area contributed by atoms with Crippen LogP contribution in [0.25, 0.3) is 11.5 Å². The van der Waals surface area contributed by atoms with Crippen molar-refractivity contribution in [3.05, 3.63) is 82.0 Å². The van der Waals surface area contributed by atoms with Gasteiger partial charge in [-0.25, -0.2) is 4.39 Å². The number of aliphatic hydroxyl groups excluding tert-OH is 1. The van der Waals surface area contributed by atoms with Crippen molar-refractivity contribution in [3.8, 4) is 24.3 Å². The number of benzene rings is 1. The predicted molar refractivity (Wildman–Crippen MR) is 261 cm³/mol. The molecule has 0 amide bonds. The third kappa shape index (κ3) is 12.3. The summed E-state index contributed by atoms with van der Waals surface area (Å²) < 4.78 is 18.6. The van der Waals surface area contributed by atoms with Crippen molar-refractivity contribution in [2.24, 2.45) is 51.8 Å². The van der Waals surface area contributed by atoms with Crippen LogP contribution in [-0.2, 0) is 19.8 Å². The van der Waals surface area contributed by atoms with Crippen molar-refractivity contribution in [2.45, 2.75) is 146 Å². The lowest BCUT2D eigenvalue weighted by molar-refractivity contribution is -0.153. The van der Waals surface area contributed by atoms with E-state index in [0.717, 1.165) is 36.2 Å². The second kappa shape index (κ2) is 24.6. The highest BCUT2D eigenvalue weighted by Crippen LogP contribution is 2.72. The number of aliphatic carboxylic acids is 2. The summed E-state index contributed by atoms with van der Waals surface area (Å²) in [5.74, 6) is 2.42. The summed E-state index contributed by atoms with van der Waals surface area (Å²) in [6.45, 7) is 25.9. The van der Waals surface area contributed by atoms with Gasteiger partial charge in [0, 0.05) is 13.0 Å². The lowest BCUT2D eigenvalue weighted by atomic mass is 9.40. The van der Waals surface area contributed by atoms with Crippen LogP contribution in [0.1, 0.15) is 146 Å². The zero-order chi connectivity index (χ0) is 49.7. The van der Waals surface area contributed by atoms with E-state index in [0.29, 0.717) is 56.5 Å². The van der Waals surface area contributed by atoms with Gasteiger partial charge in [-0.3, -0.25) is 14.4 Å². The molecular weight excluding hydrogens is 866 g/mol. The van der Waals surface area contributed by atoms with Crippen molar-refractivity contribution in [1.29, 1.82) is 0 Å². The van der Waals surface area contributed by atoms with Crippen molar-refractivity contribution >= 4 is 40.9 Å². The summed E-state index contributed by atoms with van der Waals surface area (Å²) in [5.41, 5.74) is 2.06. The highest BCUT2D eigenvalue weighted by atomic mass is 35.5. The van der Waals surface area contributed by atoms with Gasteiger partial charge in [-0.15, -0.1) is 23.0 Å². The van der Waals surface area contributed by atoms with E-state index < -0.39 is 22.8 Å². The maximum absolute atomic E-state index is 13.8. The average Bonchev–Trinajstić information content (AvgIpc) is 3.94. The number of carboxylic acids is 2.